The smallest absolute Gasteiger partial charge is 0.350 e. The maximum atomic E-state index is 11.6. The molecule has 2 rings (SSSR count). The molecule has 2 aromatic rings. The number of aromatic nitrogens is 3. The molecule has 78 valence electrons. The minimum Gasteiger partial charge on any atom is -0.478 e. The van der Waals surface area contributed by atoms with Crippen molar-refractivity contribution in [1.82, 2.24) is 14.2 Å². The largest absolute Gasteiger partial charge is 0.478 e. The van der Waals surface area contributed by atoms with Crippen LogP contribution in [0.25, 0.3) is 5.65 Å². The fourth-order valence-corrected chi connectivity index (χ4v) is 1.36. The molecule has 2 aromatic heterocycles. The number of aromatic carboxylic acids is 1. The second-order valence-corrected chi connectivity index (χ2v) is 3.05. The van der Waals surface area contributed by atoms with Crippen molar-refractivity contribution in [3.8, 4) is 0 Å². The minimum absolute atomic E-state index is 0.121. The van der Waals surface area contributed by atoms with Crippen molar-refractivity contribution < 1.29 is 9.90 Å². The zero-order valence-corrected chi connectivity index (χ0v) is 8.04. The van der Waals surface area contributed by atoms with E-state index in [1.807, 2.05) is 0 Å². The molecule has 1 N–H and O–H groups in total. The van der Waals surface area contributed by atoms with Crippen LogP contribution in [-0.2, 0) is 6.54 Å². The van der Waals surface area contributed by atoms with E-state index in [0.717, 1.165) is 0 Å². The number of carboxylic acid groups (broad SMARTS) is 1. The summed E-state index contributed by atoms with van der Waals surface area (Å²) in [5.74, 6) is -1.03. The van der Waals surface area contributed by atoms with E-state index in [1.54, 1.807) is 6.92 Å². The monoisotopic (exact) mass is 207 g/mol. The summed E-state index contributed by atoms with van der Waals surface area (Å²) >= 11 is 0. The third-order valence-electron chi connectivity index (χ3n) is 2.13. The number of pyridine rings is 1. The quantitative estimate of drug-likeness (QED) is 0.763. The maximum absolute atomic E-state index is 11.6. The number of hydrogen-bond acceptors (Lipinski definition) is 3. The van der Waals surface area contributed by atoms with Crippen LogP contribution in [0.2, 0.25) is 0 Å². The molecule has 6 heteroatoms. The van der Waals surface area contributed by atoms with Crippen molar-refractivity contribution in [2.75, 3.05) is 0 Å². The van der Waals surface area contributed by atoms with Crippen molar-refractivity contribution in [3.05, 3.63) is 34.4 Å². The third-order valence-corrected chi connectivity index (χ3v) is 2.13. The first-order chi connectivity index (χ1) is 7.13. The molecule has 0 bridgehead atoms. The Kier molecular flexibility index (Phi) is 2.03. The summed E-state index contributed by atoms with van der Waals surface area (Å²) in [5, 5.41) is 12.7. The van der Waals surface area contributed by atoms with Crippen molar-refractivity contribution in [2.24, 2.45) is 0 Å². The summed E-state index contributed by atoms with van der Waals surface area (Å²) in [4.78, 5) is 22.2. The Morgan fingerprint density at radius 1 is 1.60 bits per heavy atom. The molecule has 0 aliphatic rings. The van der Waals surface area contributed by atoms with Gasteiger partial charge in [0.15, 0.2) is 5.65 Å². The van der Waals surface area contributed by atoms with E-state index in [4.69, 9.17) is 5.11 Å². The molecule has 0 aromatic carbocycles. The zero-order chi connectivity index (χ0) is 11.0. The van der Waals surface area contributed by atoms with Gasteiger partial charge in [-0.25, -0.2) is 14.3 Å². The van der Waals surface area contributed by atoms with Gasteiger partial charge in [-0.2, -0.15) is 0 Å². The van der Waals surface area contributed by atoms with Gasteiger partial charge in [0, 0.05) is 12.7 Å². The molecular weight excluding hydrogens is 198 g/mol. The van der Waals surface area contributed by atoms with Crippen LogP contribution in [0.15, 0.2) is 23.1 Å². The van der Waals surface area contributed by atoms with Crippen molar-refractivity contribution in [2.45, 2.75) is 13.5 Å². The first-order valence-electron chi connectivity index (χ1n) is 4.46. The molecule has 0 saturated heterocycles. The van der Waals surface area contributed by atoms with E-state index < -0.39 is 5.97 Å². The molecule has 6 nitrogen and oxygen atoms in total. The second kappa shape index (κ2) is 3.23. The Morgan fingerprint density at radius 3 is 2.93 bits per heavy atom. The SMILES string of the molecule is CCn1nc2cc(C(=O)O)ccn2c1=O. The number of fused-ring (bicyclic) bond motifs is 1. The predicted molar refractivity (Wildman–Crippen MR) is 52.1 cm³/mol. The van der Waals surface area contributed by atoms with E-state index in [0.29, 0.717) is 12.2 Å². The highest BCUT2D eigenvalue weighted by molar-refractivity contribution is 5.88. The lowest BCUT2D eigenvalue weighted by Crippen LogP contribution is -2.19. The summed E-state index contributed by atoms with van der Waals surface area (Å²) < 4.78 is 2.59. The highest BCUT2D eigenvalue weighted by Crippen LogP contribution is 2.02. The van der Waals surface area contributed by atoms with Crippen LogP contribution < -0.4 is 5.69 Å². The van der Waals surface area contributed by atoms with Gasteiger partial charge < -0.3 is 5.11 Å². The van der Waals surface area contributed by atoms with Gasteiger partial charge in [-0.05, 0) is 19.1 Å². The number of hydrogen-bond donors (Lipinski definition) is 1. The molecule has 0 spiro atoms. The highest BCUT2D eigenvalue weighted by Gasteiger charge is 2.08. The van der Waals surface area contributed by atoms with Gasteiger partial charge in [0.25, 0.3) is 0 Å². The Labute approximate surface area is 84.4 Å². The summed E-state index contributed by atoms with van der Waals surface area (Å²) in [6.07, 6.45) is 1.42. The molecule has 0 aliphatic heterocycles. The highest BCUT2D eigenvalue weighted by atomic mass is 16.4. The molecule has 0 radical (unpaired) electrons. The molecule has 0 aliphatic carbocycles. The minimum atomic E-state index is -1.03. The summed E-state index contributed by atoms with van der Waals surface area (Å²) in [6.45, 7) is 2.26. The van der Waals surface area contributed by atoms with Crippen LogP contribution in [0.4, 0.5) is 0 Å². The van der Waals surface area contributed by atoms with Crippen molar-refractivity contribution >= 4 is 11.6 Å². The molecule has 15 heavy (non-hydrogen) atoms. The first kappa shape index (κ1) is 9.45. The van der Waals surface area contributed by atoms with Crippen LogP contribution in [-0.4, -0.2) is 25.3 Å². The number of carbonyl (C=O) groups is 1. The Bertz CT molecular complexity index is 582. The fraction of sp³-hybridized carbons (Fsp3) is 0.222. The van der Waals surface area contributed by atoms with Gasteiger partial charge >= 0.3 is 11.7 Å². The van der Waals surface area contributed by atoms with Gasteiger partial charge in [0.2, 0.25) is 0 Å². The van der Waals surface area contributed by atoms with Gasteiger partial charge in [-0.3, -0.25) is 4.40 Å². The molecular formula is C9H9N3O3. The fourth-order valence-electron chi connectivity index (χ4n) is 1.36. The second-order valence-electron chi connectivity index (χ2n) is 3.05. The Hall–Kier alpha value is -2.11. The molecule has 0 unspecified atom stereocenters. The average molecular weight is 207 g/mol. The maximum Gasteiger partial charge on any atom is 0.350 e. The molecule has 0 atom stereocenters. The van der Waals surface area contributed by atoms with Crippen molar-refractivity contribution in [3.63, 3.8) is 0 Å². The molecule has 0 saturated carbocycles. The van der Waals surface area contributed by atoms with Crippen LogP contribution in [0, 0.1) is 0 Å². The molecule has 2 heterocycles. The van der Waals surface area contributed by atoms with Crippen LogP contribution >= 0.6 is 0 Å². The lowest BCUT2D eigenvalue weighted by Gasteiger charge is -1.93. The van der Waals surface area contributed by atoms with Gasteiger partial charge in [0.1, 0.15) is 0 Å². The van der Waals surface area contributed by atoms with E-state index in [1.165, 1.54) is 27.4 Å². The normalized spacial score (nSPS) is 10.7. The third kappa shape index (κ3) is 1.39. The summed E-state index contributed by atoms with van der Waals surface area (Å²) in [6, 6.07) is 2.74. The van der Waals surface area contributed by atoms with Crippen LogP contribution in [0.5, 0.6) is 0 Å². The molecule has 0 fully saturated rings. The number of carboxylic acids is 1. The lowest BCUT2D eigenvalue weighted by atomic mass is 10.3. The summed E-state index contributed by atoms with van der Waals surface area (Å²) in [7, 11) is 0. The van der Waals surface area contributed by atoms with E-state index in [2.05, 4.69) is 5.10 Å². The Balaban J connectivity index is 2.73. The van der Waals surface area contributed by atoms with Gasteiger partial charge in [-0.1, -0.05) is 0 Å². The number of rotatable bonds is 2. The standard InChI is InChI=1S/C9H9N3O3/c1-2-12-9(15)11-4-3-6(8(13)14)5-7(11)10-12/h3-5H,2H2,1H3,(H,13,14). The average Bonchev–Trinajstić information content (AvgIpc) is 2.55. The van der Waals surface area contributed by atoms with Gasteiger partial charge in [0.05, 0.1) is 5.56 Å². The first-order valence-corrected chi connectivity index (χ1v) is 4.46. The van der Waals surface area contributed by atoms with E-state index >= 15 is 0 Å². The predicted octanol–water partition coefficient (Wildman–Crippen LogP) is 0.214. The molecule has 0 amide bonds. The van der Waals surface area contributed by atoms with E-state index in [-0.39, 0.29) is 11.3 Å². The number of aryl methyl sites for hydroxylation is 1. The number of nitrogens with zero attached hydrogens (tertiary/aromatic N) is 3. The zero-order valence-electron chi connectivity index (χ0n) is 8.04. The Morgan fingerprint density at radius 2 is 2.33 bits per heavy atom. The summed E-state index contributed by atoms with van der Waals surface area (Å²) in [5.41, 5.74) is 0.210. The van der Waals surface area contributed by atoms with E-state index in [9.17, 15) is 9.59 Å². The topological polar surface area (TPSA) is 76.6 Å². The lowest BCUT2D eigenvalue weighted by molar-refractivity contribution is 0.0697. The van der Waals surface area contributed by atoms with Crippen LogP contribution in [0.1, 0.15) is 17.3 Å². The van der Waals surface area contributed by atoms with Gasteiger partial charge in [-0.15, -0.1) is 5.10 Å². The van der Waals surface area contributed by atoms with Crippen LogP contribution in [0.3, 0.4) is 0 Å². The van der Waals surface area contributed by atoms with Crippen molar-refractivity contribution in [1.29, 1.82) is 0 Å².